The van der Waals surface area contributed by atoms with Crippen molar-refractivity contribution < 1.29 is 4.79 Å². The molecule has 0 saturated heterocycles. The molecule has 3 N–H and O–H groups in total. The van der Waals surface area contributed by atoms with Crippen molar-refractivity contribution in [2.75, 3.05) is 11.1 Å². The number of amides is 1. The Labute approximate surface area is 124 Å². The first kappa shape index (κ1) is 13.9. The summed E-state index contributed by atoms with van der Waals surface area (Å²) in [5.74, 6) is -0.219. The molecule has 0 spiro atoms. The summed E-state index contributed by atoms with van der Waals surface area (Å²) in [4.78, 5) is 12.1. The molecule has 0 aliphatic rings. The molecule has 2 aromatic rings. The first-order valence-corrected chi connectivity index (χ1v) is 6.77. The lowest BCUT2D eigenvalue weighted by Crippen LogP contribution is -2.13. The lowest BCUT2D eigenvalue weighted by atomic mass is 10.1. The zero-order chi connectivity index (χ0) is 14.0. The lowest BCUT2D eigenvalue weighted by molar-refractivity contribution is 0.102. The zero-order valence-electron chi connectivity index (χ0n) is 10.2. The van der Waals surface area contributed by atoms with E-state index in [0.717, 1.165) is 15.7 Å². The quantitative estimate of drug-likeness (QED) is 0.804. The highest BCUT2D eigenvalue weighted by Crippen LogP contribution is 2.25. The summed E-state index contributed by atoms with van der Waals surface area (Å²) >= 11 is 9.33. The Morgan fingerprint density at radius 2 is 2.05 bits per heavy atom. The monoisotopic (exact) mass is 338 g/mol. The summed E-state index contributed by atoms with van der Waals surface area (Å²) < 4.78 is 0.945. The zero-order valence-corrected chi connectivity index (χ0v) is 12.5. The average Bonchev–Trinajstić information content (AvgIpc) is 2.38. The Hall–Kier alpha value is -1.52. The largest absolute Gasteiger partial charge is 0.398 e. The molecule has 0 aromatic heterocycles. The van der Waals surface area contributed by atoms with Gasteiger partial charge in [0.05, 0.1) is 10.7 Å². The minimum Gasteiger partial charge on any atom is -0.398 e. The normalized spacial score (nSPS) is 10.3. The van der Waals surface area contributed by atoms with Gasteiger partial charge in [0, 0.05) is 15.7 Å². The van der Waals surface area contributed by atoms with Crippen molar-refractivity contribution >= 4 is 44.8 Å². The van der Waals surface area contributed by atoms with Crippen molar-refractivity contribution in [1.82, 2.24) is 0 Å². The van der Waals surface area contributed by atoms with Gasteiger partial charge in [-0.2, -0.15) is 0 Å². The van der Waals surface area contributed by atoms with Gasteiger partial charge in [0.25, 0.3) is 5.91 Å². The van der Waals surface area contributed by atoms with E-state index >= 15 is 0 Å². The van der Waals surface area contributed by atoms with Crippen LogP contribution in [0.1, 0.15) is 15.9 Å². The number of nitrogens with two attached hydrogens (primary N) is 1. The molecule has 1 amide bonds. The molecule has 98 valence electrons. The summed E-state index contributed by atoms with van der Waals surface area (Å²) in [5.41, 5.74) is 8.27. The van der Waals surface area contributed by atoms with Gasteiger partial charge in [-0.1, -0.05) is 33.6 Å². The van der Waals surface area contributed by atoms with Gasteiger partial charge in [0.15, 0.2) is 0 Å². The van der Waals surface area contributed by atoms with E-state index < -0.39 is 0 Å². The maximum absolute atomic E-state index is 12.1. The van der Waals surface area contributed by atoms with E-state index in [0.29, 0.717) is 16.3 Å². The van der Waals surface area contributed by atoms with Crippen molar-refractivity contribution in [2.45, 2.75) is 6.92 Å². The molecule has 0 aliphatic heterocycles. The summed E-state index contributed by atoms with van der Waals surface area (Å²) in [6, 6.07) is 10.4. The van der Waals surface area contributed by atoms with Gasteiger partial charge in [0.1, 0.15) is 0 Å². The fourth-order valence-corrected chi connectivity index (χ4v) is 2.15. The number of benzene rings is 2. The topological polar surface area (TPSA) is 55.1 Å². The second-order valence-electron chi connectivity index (χ2n) is 4.10. The van der Waals surface area contributed by atoms with Gasteiger partial charge in [-0.25, -0.2) is 0 Å². The average molecular weight is 340 g/mol. The van der Waals surface area contributed by atoms with Crippen LogP contribution in [-0.4, -0.2) is 5.91 Å². The van der Waals surface area contributed by atoms with E-state index in [1.807, 2.05) is 25.1 Å². The Balaban J connectivity index is 2.26. The van der Waals surface area contributed by atoms with Crippen LogP contribution < -0.4 is 11.1 Å². The third-order valence-corrected chi connectivity index (χ3v) is 3.96. The number of carbonyl (C=O) groups excluding carboxylic acids is 1. The smallest absolute Gasteiger partial charge is 0.255 e. The van der Waals surface area contributed by atoms with Gasteiger partial charge < -0.3 is 11.1 Å². The van der Waals surface area contributed by atoms with Crippen molar-refractivity contribution in [3.63, 3.8) is 0 Å². The van der Waals surface area contributed by atoms with E-state index in [1.54, 1.807) is 18.2 Å². The standard InChI is InChI=1S/C14H12BrClN2O/c1-8-10(15)3-2-4-13(8)18-14(19)9-5-6-12(17)11(16)7-9/h2-7H,17H2,1H3,(H,18,19). The Bertz CT molecular complexity index is 643. The number of hydrogen-bond acceptors (Lipinski definition) is 2. The second kappa shape index (κ2) is 5.63. The fourth-order valence-electron chi connectivity index (χ4n) is 1.61. The van der Waals surface area contributed by atoms with Crippen molar-refractivity contribution in [1.29, 1.82) is 0 Å². The maximum atomic E-state index is 12.1. The van der Waals surface area contributed by atoms with Crippen LogP contribution in [0.3, 0.4) is 0 Å². The molecule has 0 radical (unpaired) electrons. The molecule has 0 atom stereocenters. The first-order chi connectivity index (χ1) is 8.99. The first-order valence-electron chi connectivity index (χ1n) is 5.60. The predicted octanol–water partition coefficient (Wildman–Crippen LogP) is 4.25. The van der Waals surface area contributed by atoms with E-state index in [-0.39, 0.29) is 5.91 Å². The molecule has 19 heavy (non-hydrogen) atoms. The van der Waals surface area contributed by atoms with Gasteiger partial charge >= 0.3 is 0 Å². The number of nitrogen functional groups attached to an aromatic ring is 1. The molecule has 0 saturated carbocycles. The summed E-state index contributed by atoms with van der Waals surface area (Å²) in [7, 11) is 0. The van der Waals surface area contributed by atoms with E-state index in [4.69, 9.17) is 17.3 Å². The van der Waals surface area contributed by atoms with Crippen LogP contribution in [0.5, 0.6) is 0 Å². The van der Waals surface area contributed by atoms with E-state index in [2.05, 4.69) is 21.2 Å². The van der Waals surface area contributed by atoms with Gasteiger partial charge in [-0.15, -0.1) is 0 Å². The van der Waals surface area contributed by atoms with Gasteiger partial charge in [-0.3, -0.25) is 4.79 Å². The molecule has 0 unspecified atom stereocenters. The summed E-state index contributed by atoms with van der Waals surface area (Å²) in [5, 5.41) is 3.22. The number of hydrogen-bond donors (Lipinski definition) is 2. The number of anilines is 2. The van der Waals surface area contributed by atoms with Crippen LogP contribution in [0.15, 0.2) is 40.9 Å². The predicted molar refractivity (Wildman–Crippen MR) is 82.7 cm³/mol. The molecule has 0 bridgehead atoms. The molecule has 3 nitrogen and oxygen atoms in total. The highest BCUT2D eigenvalue weighted by atomic mass is 79.9. The third kappa shape index (κ3) is 3.08. The number of rotatable bonds is 2. The number of nitrogens with one attached hydrogen (secondary N) is 1. The van der Waals surface area contributed by atoms with Crippen molar-refractivity contribution in [3.05, 3.63) is 57.0 Å². The Morgan fingerprint density at radius 3 is 2.74 bits per heavy atom. The molecule has 2 rings (SSSR count). The maximum Gasteiger partial charge on any atom is 0.255 e. The molecule has 2 aromatic carbocycles. The Kier molecular flexibility index (Phi) is 4.12. The van der Waals surface area contributed by atoms with Gasteiger partial charge in [0.2, 0.25) is 0 Å². The highest BCUT2D eigenvalue weighted by Gasteiger charge is 2.10. The lowest BCUT2D eigenvalue weighted by Gasteiger charge is -2.10. The molecule has 0 heterocycles. The fraction of sp³-hybridized carbons (Fsp3) is 0.0714. The SMILES string of the molecule is Cc1c(Br)cccc1NC(=O)c1ccc(N)c(Cl)c1. The molecular formula is C14H12BrClN2O. The highest BCUT2D eigenvalue weighted by molar-refractivity contribution is 9.10. The minimum absolute atomic E-state index is 0.219. The van der Waals surface area contributed by atoms with Crippen molar-refractivity contribution in [2.24, 2.45) is 0 Å². The Morgan fingerprint density at radius 1 is 1.32 bits per heavy atom. The summed E-state index contributed by atoms with van der Waals surface area (Å²) in [6.07, 6.45) is 0. The van der Waals surface area contributed by atoms with Crippen LogP contribution in [0.25, 0.3) is 0 Å². The van der Waals surface area contributed by atoms with E-state index in [9.17, 15) is 4.79 Å². The van der Waals surface area contributed by atoms with Gasteiger partial charge in [-0.05, 0) is 42.8 Å². The molecule has 0 aliphatic carbocycles. The second-order valence-corrected chi connectivity index (χ2v) is 5.36. The number of carbonyl (C=O) groups is 1. The third-order valence-electron chi connectivity index (χ3n) is 2.78. The molecular weight excluding hydrogens is 328 g/mol. The van der Waals surface area contributed by atoms with E-state index in [1.165, 1.54) is 0 Å². The number of halogens is 2. The van der Waals surface area contributed by atoms with Crippen LogP contribution in [0.4, 0.5) is 11.4 Å². The summed E-state index contributed by atoms with van der Waals surface area (Å²) in [6.45, 7) is 1.93. The van der Waals surface area contributed by atoms with Crippen LogP contribution in [0.2, 0.25) is 5.02 Å². The van der Waals surface area contributed by atoms with Crippen molar-refractivity contribution in [3.8, 4) is 0 Å². The molecule has 5 heteroatoms. The van der Waals surface area contributed by atoms with Crippen LogP contribution in [-0.2, 0) is 0 Å². The minimum atomic E-state index is -0.219. The van der Waals surface area contributed by atoms with Crippen LogP contribution >= 0.6 is 27.5 Å². The molecule has 0 fully saturated rings. The van der Waals surface area contributed by atoms with Crippen LogP contribution in [0, 0.1) is 6.92 Å².